The number of nitrogens with two attached hydrogens (primary N) is 1. The van der Waals surface area contributed by atoms with Gasteiger partial charge in [0.1, 0.15) is 0 Å². The lowest BCUT2D eigenvalue weighted by Crippen LogP contribution is -2.16. The first kappa shape index (κ1) is 11.1. The average molecular weight is 217 g/mol. The fraction of sp³-hybridized carbons (Fsp3) is 0.462. The fourth-order valence-corrected chi connectivity index (χ4v) is 2.15. The third kappa shape index (κ3) is 1.83. The zero-order valence-corrected chi connectivity index (χ0v) is 10.2. The molecule has 0 fully saturated rings. The molecule has 0 aliphatic heterocycles. The topological polar surface area (TPSA) is 54.7 Å². The number of hydrogen-bond donors (Lipinski definition) is 2. The van der Waals surface area contributed by atoms with Crippen LogP contribution in [0.15, 0.2) is 18.5 Å². The van der Waals surface area contributed by atoms with Gasteiger partial charge >= 0.3 is 0 Å². The molecule has 3 nitrogen and oxygen atoms in total. The molecule has 0 aliphatic rings. The number of fused-ring (bicyclic) bond motifs is 1. The van der Waals surface area contributed by atoms with E-state index in [1.54, 1.807) is 0 Å². The predicted molar refractivity (Wildman–Crippen MR) is 67.6 cm³/mol. The van der Waals surface area contributed by atoms with Gasteiger partial charge in [0.2, 0.25) is 0 Å². The summed E-state index contributed by atoms with van der Waals surface area (Å²) in [7, 11) is 0. The molecule has 3 N–H and O–H groups in total. The quantitative estimate of drug-likeness (QED) is 0.811. The van der Waals surface area contributed by atoms with Crippen molar-refractivity contribution in [3.8, 4) is 0 Å². The van der Waals surface area contributed by atoms with Gasteiger partial charge in [0.15, 0.2) is 0 Å². The molecule has 2 heterocycles. The van der Waals surface area contributed by atoms with Crippen LogP contribution in [0, 0.1) is 0 Å². The van der Waals surface area contributed by atoms with Crippen LogP contribution in [0.4, 0.5) is 0 Å². The smallest absolute Gasteiger partial charge is 0.0645 e. The molecule has 0 saturated heterocycles. The van der Waals surface area contributed by atoms with Crippen molar-refractivity contribution in [2.75, 3.05) is 6.54 Å². The van der Waals surface area contributed by atoms with Crippen LogP contribution < -0.4 is 5.73 Å². The normalized spacial score (nSPS) is 12.2. The Labute approximate surface area is 96.1 Å². The van der Waals surface area contributed by atoms with E-state index in [1.807, 2.05) is 12.4 Å². The van der Waals surface area contributed by atoms with Crippen LogP contribution in [-0.2, 0) is 11.8 Å². The van der Waals surface area contributed by atoms with E-state index in [2.05, 4.69) is 36.8 Å². The first-order valence-electron chi connectivity index (χ1n) is 5.69. The zero-order chi connectivity index (χ0) is 11.8. The van der Waals surface area contributed by atoms with Gasteiger partial charge in [-0.2, -0.15) is 0 Å². The van der Waals surface area contributed by atoms with Crippen molar-refractivity contribution in [3.05, 3.63) is 29.7 Å². The van der Waals surface area contributed by atoms with Gasteiger partial charge in [0, 0.05) is 22.7 Å². The third-order valence-corrected chi connectivity index (χ3v) is 2.85. The largest absolute Gasteiger partial charge is 0.356 e. The fourth-order valence-electron chi connectivity index (χ4n) is 2.15. The lowest BCUT2D eigenvalue weighted by atomic mass is 9.88. The molecular weight excluding hydrogens is 198 g/mol. The lowest BCUT2D eigenvalue weighted by Gasteiger charge is -2.19. The molecule has 0 saturated carbocycles. The Balaban J connectivity index is 2.68. The lowest BCUT2D eigenvalue weighted by molar-refractivity contribution is 0.567. The van der Waals surface area contributed by atoms with Crippen LogP contribution in [0.5, 0.6) is 0 Å². The maximum absolute atomic E-state index is 5.69. The van der Waals surface area contributed by atoms with Crippen molar-refractivity contribution in [1.29, 1.82) is 0 Å². The van der Waals surface area contributed by atoms with Crippen molar-refractivity contribution < 1.29 is 0 Å². The highest BCUT2D eigenvalue weighted by atomic mass is 14.8. The Bertz CT molecular complexity index is 491. The molecule has 16 heavy (non-hydrogen) atoms. The molecule has 0 unspecified atom stereocenters. The number of nitrogens with zero attached hydrogens (tertiary/aromatic N) is 1. The zero-order valence-electron chi connectivity index (χ0n) is 10.2. The van der Waals surface area contributed by atoms with Gasteiger partial charge in [-0.15, -0.1) is 0 Å². The number of hydrogen-bond acceptors (Lipinski definition) is 2. The molecule has 2 aromatic heterocycles. The third-order valence-electron chi connectivity index (χ3n) is 2.85. The summed E-state index contributed by atoms with van der Waals surface area (Å²) in [5.41, 5.74) is 9.53. The first-order chi connectivity index (χ1) is 7.54. The molecule has 0 aliphatic carbocycles. The number of rotatable bonds is 2. The van der Waals surface area contributed by atoms with E-state index in [9.17, 15) is 0 Å². The summed E-state index contributed by atoms with van der Waals surface area (Å²) in [6, 6.07) is 2.06. The Kier molecular flexibility index (Phi) is 2.72. The van der Waals surface area contributed by atoms with Crippen molar-refractivity contribution in [2.45, 2.75) is 32.6 Å². The van der Waals surface area contributed by atoms with Crippen molar-refractivity contribution in [1.82, 2.24) is 9.97 Å². The van der Waals surface area contributed by atoms with Crippen LogP contribution in [0.25, 0.3) is 10.9 Å². The van der Waals surface area contributed by atoms with Gasteiger partial charge in [-0.05, 0) is 24.6 Å². The summed E-state index contributed by atoms with van der Waals surface area (Å²) in [5, 5.41) is 1.25. The first-order valence-corrected chi connectivity index (χ1v) is 5.69. The van der Waals surface area contributed by atoms with E-state index in [1.165, 1.54) is 16.6 Å². The van der Waals surface area contributed by atoms with Crippen molar-refractivity contribution in [2.24, 2.45) is 5.73 Å². The Morgan fingerprint density at radius 1 is 1.38 bits per heavy atom. The van der Waals surface area contributed by atoms with E-state index in [4.69, 9.17) is 5.73 Å². The summed E-state index contributed by atoms with van der Waals surface area (Å²) in [6.07, 6.45) is 4.63. The van der Waals surface area contributed by atoms with Crippen molar-refractivity contribution in [3.63, 3.8) is 0 Å². The summed E-state index contributed by atoms with van der Waals surface area (Å²) >= 11 is 0. The minimum Gasteiger partial charge on any atom is -0.356 e. The standard InChI is InChI=1S/C13H19N3/c1-13(2,3)12-10(4-6-14)9-5-7-15-8-11(9)16-12/h5,7-8,16H,4,6,14H2,1-3H3. The Morgan fingerprint density at radius 2 is 2.12 bits per heavy atom. The highest BCUT2D eigenvalue weighted by molar-refractivity contribution is 5.84. The molecule has 86 valence electrons. The second-order valence-corrected chi connectivity index (χ2v) is 5.19. The maximum atomic E-state index is 5.69. The number of aromatic nitrogens is 2. The van der Waals surface area contributed by atoms with Crippen LogP contribution >= 0.6 is 0 Å². The monoisotopic (exact) mass is 217 g/mol. The Morgan fingerprint density at radius 3 is 2.75 bits per heavy atom. The van der Waals surface area contributed by atoms with Gasteiger partial charge in [0.05, 0.1) is 11.7 Å². The summed E-state index contributed by atoms with van der Waals surface area (Å²) < 4.78 is 0. The molecule has 0 amide bonds. The van der Waals surface area contributed by atoms with Crippen LogP contribution in [0.2, 0.25) is 0 Å². The molecule has 3 heteroatoms. The molecule has 2 aromatic rings. The molecule has 0 radical (unpaired) electrons. The second kappa shape index (κ2) is 3.91. The second-order valence-electron chi connectivity index (χ2n) is 5.19. The molecule has 2 rings (SSSR count). The van der Waals surface area contributed by atoms with Crippen molar-refractivity contribution >= 4 is 10.9 Å². The maximum Gasteiger partial charge on any atom is 0.0645 e. The predicted octanol–water partition coefficient (Wildman–Crippen LogP) is 2.36. The molecule has 0 spiro atoms. The van der Waals surface area contributed by atoms with E-state index in [-0.39, 0.29) is 5.41 Å². The minimum absolute atomic E-state index is 0.115. The van der Waals surface area contributed by atoms with E-state index >= 15 is 0 Å². The number of aromatic amines is 1. The number of H-pyrrole nitrogens is 1. The van der Waals surface area contributed by atoms with Gasteiger partial charge in [-0.25, -0.2) is 0 Å². The van der Waals surface area contributed by atoms with Crippen LogP contribution in [0.1, 0.15) is 32.0 Å². The van der Waals surface area contributed by atoms with E-state index in [0.29, 0.717) is 6.54 Å². The summed E-state index contributed by atoms with van der Waals surface area (Å²) in [4.78, 5) is 7.62. The Hall–Kier alpha value is -1.35. The van der Waals surface area contributed by atoms with Crippen LogP contribution in [0.3, 0.4) is 0 Å². The molecule has 0 bridgehead atoms. The SMILES string of the molecule is CC(C)(C)c1[nH]c2cnccc2c1CCN. The van der Waals surface area contributed by atoms with Crippen LogP contribution in [-0.4, -0.2) is 16.5 Å². The van der Waals surface area contributed by atoms with Gasteiger partial charge in [-0.3, -0.25) is 4.98 Å². The molecule has 0 aromatic carbocycles. The van der Waals surface area contributed by atoms with E-state index < -0.39 is 0 Å². The summed E-state index contributed by atoms with van der Waals surface area (Å²) in [6.45, 7) is 7.32. The van der Waals surface area contributed by atoms with Gasteiger partial charge in [-0.1, -0.05) is 20.8 Å². The highest BCUT2D eigenvalue weighted by Crippen LogP contribution is 2.30. The van der Waals surface area contributed by atoms with E-state index in [0.717, 1.165) is 11.9 Å². The number of nitrogens with one attached hydrogen (secondary N) is 1. The van der Waals surface area contributed by atoms with Gasteiger partial charge in [0.25, 0.3) is 0 Å². The van der Waals surface area contributed by atoms with Gasteiger partial charge < -0.3 is 10.7 Å². The summed E-state index contributed by atoms with van der Waals surface area (Å²) in [5.74, 6) is 0. The minimum atomic E-state index is 0.115. The molecular formula is C13H19N3. The highest BCUT2D eigenvalue weighted by Gasteiger charge is 2.21. The average Bonchev–Trinajstić information content (AvgIpc) is 2.58. The molecule has 0 atom stereocenters. The number of pyridine rings is 1.